The van der Waals surface area contributed by atoms with Gasteiger partial charge in [-0.3, -0.25) is 0 Å². The number of methoxy groups -OCH3 is 1. The average molecular weight is 268 g/mol. The summed E-state index contributed by atoms with van der Waals surface area (Å²) in [6.45, 7) is 6.07. The number of carbonyl (C=O) groups excluding carboxylic acids is 3. The lowest BCUT2D eigenvalue weighted by Gasteiger charge is -1.93. The minimum absolute atomic E-state index is 0.347. The van der Waals surface area contributed by atoms with Crippen LogP contribution in [0.1, 0.15) is 32.6 Å². The third-order valence-electron chi connectivity index (χ3n) is 1.95. The first-order valence-corrected chi connectivity index (χ1v) is 5.91. The molecular weight excluding hydrogens is 248 g/mol. The fourth-order valence-corrected chi connectivity index (χ4v) is 1.00. The Kier molecular flexibility index (Phi) is 16.2. The molecule has 0 radical (unpaired) electrons. The lowest BCUT2D eigenvalue weighted by atomic mass is 10.2. The summed E-state index contributed by atoms with van der Waals surface area (Å²) in [6, 6.07) is 0. The number of rotatable bonds is 8. The molecule has 0 unspecified atom stereocenters. The molecule has 0 N–H and O–H groups in total. The Morgan fingerprint density at radius 3 is 1.68 bits per heavy atom. The lowest BCUT2D eigenvalue weighted by molar-refractivity contribution is -0.136. The van der Waals surface area contributed by atoms with Crippen LogP contribution in [0.4, 0.5) is 0 Å². The number of carbonyl (C=O) groups is 1. The molecule has 0 aromatic heterocycles. The third kappa shape index (κ3) is 18.5. The maximum Gasteiger partial charge on any atom is 0.332 e. The zero-order valence-electron chi connectivity index (χ0n) is 11.5. The molecule has 0 saturated carbocycles. The Labute approximate surface area is 113 Å². The van der Waals surface area contributed by atoms with Gasteiger partial charge in [0.05, 0.1) is 20.2 Å². The Morgan fingerprint density at radius 1 is 1.05 bits per heavy atom. The molecule has 0 aliphatic carbocycles. The topological polar surface area (TPSA) is 85.2 Å². The normalized spacial score (nSPS) is 8.11. The van der Waals surface area contributed by atoms with Crippen molar-refractivity contribution in [2.24, 2.45) is 9.98 Å². The highest BCUT2D eigenvalue weighted by Crippen LogP contribution is 1.99. The van der Waals surface area contributed by atoms with Crippen molar-refractivity contribution in [1.82, 2.24) is 0 Å². The van der Waals surface area contributed by atoms with Gasteiger partial charge >= 0.3 is 5.97 Å². The third-order valence-corrected chi connectivity index (χ3v) is 1.95. The number of isocyanates is 2. The number of esters is 1. The van der Waals surface area contributed by atoms with Crippen LogP contribution in [-0.2, 0) is 19.1 Å². The Balaban J connectivity index is 0. The predicted octanol–water partition coefficient (Wildman–Crippen LogP) is 1.95. The molecule has 0 fully saturated rings. The standard InChI is InChI=1S/C8H12N2O2.C5H8O2/c11-7-9-5-3-1-2-4-6-10-8-12;1-4(2)5(6)7-3/h1-6H2;1H2,2-3H3. The Bertz CT molecular complexity index is 332. The van der Waals surface area contributed by atoms with Gasteiger partial charge in [-0.05, 0) is 19.8 Å². The fourth-order valence-electron chi connectivity index (χ4n) is 1.00. The number of aliphatic imine (C=N–C) groups is 2. The largest absolute Gasteiger partial charge is 0.466 e. The zero-order valence-corrected chi connectivity index (χ0v) is 11.5. The summed E-state index contributed by atoms with van der Waals surface area (Å²) in [7, 11) is 1.33. The number of hydrogen-bond acceptors (Lipinski definition) is 6. The van der Waals surface area contributed by atoms with Crippen LogP contribution in [-0.4, -0.2) is 38.3 Å². The first-order chi connectivity index (χ1) is 9.09. The van der Waals surface area contributed by atoms with Gasteiger partial charge in [0.15, 0.2) is 0 Å². The summed E-state index contributed by atoms with van der Waals surface area (Å²) in [5.41, 5.74) is 0.433. The van der Waals surface area contributed by atoms with Gasteiger partial charge in [0.1, 0.15) is 0 Å². The van der Waals surface area contributed by atoms with Gasteiger partial charge in [-0.15, -0.1) is 0 Å². The van der Waals surface area contributed by atoms with Crippen molar-refractivity contribution in [2.45, 2.75) is 32.6 Å². The summed E-state index contributed by atoms with van der Waals surface area (Å²) in [5, 5.41) is 0. The number of unbranched alkanes of at least 4 members (excludes halogenated alkanes) is 3. The second kappa shape index (κ2) is 16.0. The Hall–Kier alpha value is -2.03. The SMILES string of the molecule is C=C(C)C(=O)OC.O=C=NCCCCCCN=C=O. The van der Waals surface area contributed by atoms with E-state index in [9.17, 15) is 14.4 Å². The van der Waals surface area contributed by atoms with E-state index in [2.05, 4.69) is 21.3 Å². The van der Waals surface area contributed by atoms with Crippen molar-refractivity contribution in [3.63, 3.8) is 0 Å². The lowest BCUT2D eigenvalue weighted by Crippen LogP contribution is -1.98. The van der Waals surface area contributed by atoms with E-state index >= 15 is 0 Å². The molecule has 0 rings (SSSR count). The van der Waals surface area contributed by atoms with Crippen molar-refractivity contribution in [1.29, 1.82) is 0 Å². The van der Waals surface area contributed by atoms with Gasteiger partial charge in [-0.1, -0.05) is 19.4 Å². The zero-order chi connectivity index (χ0) is 14.9. The predicted molar refractivity (Wildman–Crippen MR) is 71.3 cm³/mol. The van der Waals surface area contributed by atoms with Crippen molar-refractivity contribution >= 4 is 18.1 Å². The van der Waals surface area contributed by atoms with E-state index in [1.54, 1.807) is 6.92 Å². The molecule has 0 spiro atoms. The van der Waals surface area contributed by atoms with Crippen LogP contribution in [0.5, 0.6) is 0 Å². The number of hydrogen-bond donors (Lipinski definition) is 0. The second-order valence-electron chi connectivity index (χ2n) is 3.63. The van der Waals surface area contributed by atoms with Crippen molar-refractivity contribution in [3.8, 4) is 0 Å². The highest BCUT2D eigenvalue weighted by Gasteiger charge is 1.95. The molecule has 0 aromatic rings. The van der Waals surface area contributed by atoms with E-state index in [1.807, 2.05) is 0 Å². The molecule has 6 nitrogen and oxygen atoms in total. The van der Waals surface area contributed by atoms with Crippen molar-refractivity contribution in [3.05, 3.63) is 12.2 Å². The molecule has 0 aromatic carbocycles. The van der Waals surface area contributed by atoms with E-state index in [0.29, 0.717) is 18.7 Å². The smallest absolute Gasteiger partial charge is 0.332 e. The van der Waals surface area contributed by atoms with Gasteiger partial charge in [0, 0.05) is 5.57 Å². The maximum absolute atomic E-state index is 10.2. The van der Waals surface area contributed by atoms with E-state index in [1.165, 1.54) is 19.3 Å². The van der Waals surface area contributed by atoms with E-state index < -0.39 is 0 Å². The summed E-state index contributed by atoms with van der Waals surface area (Å²) < 4.78 is 4.27. The molecule has 0 aliphatic heterocycles. The van der Waals surface area contributed by atoms with Crippen LogP contribution >= 0.6 is 0 Å². The van der Waals surface area contributed by atoms with Gasteiger partial charge in [-0.2, -0.15) is 0 Å². The summed E-state index contributed by atoms with van der Waals surface area (Å²) in [6.07, 6.45) is 6.80. The van der Waals surface area contributed by atoms with Crippen LogP contribution in [0.2, 0.25) is 0 Å². The molecule has 0 amide bonds. The van der Waals surface area contributed by atoms with Gasteiger partial charge in [-0.25, -0.2) is 24.4 Å². The second-order valence-corrected chi connectivity index (χ2v) is 3.63. The molecule has 0 atom stereocenters. The monoisotopic (exact) mass is 268 g/mol. The number of ether oxygens (including phenoxy) is 1. The molecule has 0 bridgehead atoms. The van der Waals surface area contributed by atoms with Crippen LogP contribution in [0, 0.1) is 0 Å². The van der Waals surface area contributed by atoms with Gasteiger partial charge in [0.2, 0.25) is 12.2 Å². The fraction of sp³-hybridized carbons (Fsp3) is 0.615. The molecule has 0 heterocycles. The van der Waals surface area contributed by atoms with Crippen LogP contribution in [0.15, 0.2) is 22.1 Å². The molecule has 0 saturated heterocycles. The highest BCUT2D eigenvalue weighted by atomic mass is 16.5. The minimum atomic E-state index is -0.347. The number of nitrogens with zero attached hydrogens (tertiary/aromatic N) is 2. The van der Waals surface area contributed by atoms with Crippen molar-refractivity contribution < 1.29 is 19.1 Å². The molecular formula is C13H20N2O4. The van der Waals surface area contributed by atoms with Crippen molar-refractivity contribution in [2.75, 3.05) is 20.2 Å². The van der Waals surface area contributed by atoms with E-state index in [0.717, 1.165) is 25.7 Å². The van der Waals surface area contributed by atoms with E-state index in [-0.39, 0.29) is 5.97 Å². The molecule has 6 heteroatoms. The van der Waals surface area contributed by atoms with Gasteiger partial charge < -0.3 is 4.74 Å². The first-order valence-electron chi connectivity index (χ1n) is 5.91. The quantitative estimate of drug-likeness (QED) is 0.221. The Morgan fingerprint density at radius 2 is 1.47 bits per heavy atom. The highest BCUT2D eigenvalue weighted by molar-refractivity contribution is 5.86. The minimum Gasteiger partial charge on any atom is -0.466 e. The summed E-state index contributed by atoms with van der Waals surface area (Å²) in [4.78, 5) is 36.3. The van der Waals surface area contributed by atoms with Gasteiger partial charge in [0.25, 0.3) is 0 Å². The van der Waals surface area contributed by atoms with Crippen LogP contribution in [0.3, 0.4) is 0 Å². The summed E-state index contributed by atoms with van der Waals surface area (Å²) >= 11 is 0. The first kappa shape index (κ1) is 19.3. The summed E-state index contributed by atoms with van der Waals surface area (Å²) in [5.74, 6) is -0.347. The average Bonchev–Trinajstić information content (AvgIpc) is 2.41. The molecule has 19 heavy (non-hydrogen) atoms. The maximum atomic E-state index is 10.2. The van der Waals surface area contributed by atoms with Crippen LogP contribution < -0.4 is 0 Å². The molecule has 106 valence electrons. The van der Waals surface area contributed by atoms with Crippen LogP contribution in [0.25, 0.3) is 0 Å². The molecule has 0 aliphatic rings. The van der Waals surface area contributed by atoms with E-state index in [4.69, 9.17) is 0 Å².